The number of anilines is 2. The molecule has 3 N–H and O–H groups in total. The fraction of sp³-hybridized carbons (Fsp3) is 0.400. The van der Waals surface area contributed by atoms with Crippen LogP contribution in [0.5, 0.6) is 0 Å². The Balaban J connectivity index is 1.82. The minimum Gasteiger partial charge on any atom is -0.348 e. The first-order chi connectivity index (χ1) is 13.4. The molecule has 0 unspecified atom stereocenters. The van der Waals surface area contributed by atoms with E-state index in [0.29, 0.717) is 28.6 Å². The molecule has 0 spiro atoms. The third-order valence-electron chi connectivity index (χ3n) is 4.73. The molecule has 2 heterocycles. The van der Waals surface area contributed by atoms with E-state index in [4.69, 9.17) is 0 Å². The second-order valence-corrected chi connectivity index (χ2v) is 6.94. The predicted molar refractivity (Wildman–Crippen MR) is 108 cm³/mol. The molecule has 1 aromatic carbocycles. The minimum atomic E-state index is -0.300. The highest BCUT2D eigenvalue weighted by Gasteiger charge is 2.18. The van der Waals surface area contributed by atoms with E-state index in [2.05, 4.69) is 30.9 Å². The van der Waals surface area contributed by atoms with Gasteiger partial charge in [-0.05, 0) is 70.5 Å². The van der Waals surface area contributed by atoms with Gasteiger partial charge in [-0.1, -0.05) is 0 Å². The second-order valence-electron chi connectivity index (χ2n) is 6.94. The van der Waals surface area contributed by atoms with Crippen LogP contribution in [-0.4, -0.2) is 40.7 Å². The zero-order valence-electron chi connectivity index (χ0n) is 16.3. The van der Waals surface area contributed by atoms with Crippen LogP contribution in [0, 0.1) is 19.7 Å². The van der Waals surface area contributed by atoms with Crippen molar-refractivity contribution in [1.29, 1.82) is 0 Å². The van der Waals surface area contributed by atoms with E-state index >= 15 is 0 Å². The molecule has 0 atom stereocenters. The first-order valence-electron chi connectivity index (χ1n) is 9.35. The smallest absolute Gasteiger partial charge is 0.265 e. The number of aryl methyl sites for hydroxylation is 2. The molecule has 0 bridgehead atoms. The number of nitrogens with zero attached hydrogens (tertiary/aromatic N) is 3. The largest absolute Gasteiger partial charge is 0.348 e. The molecule has 7 nitrogen and oxygen atoms in total. The van der Waals surface area contributed by atoms with Crippen LogP contribution in [0.4, 0.5) is 21.6 Å². The summed E-state index contributed by atoms with van der Waals surface area (Å²) in [5.74, 6) is -0.0270. The van der Waals surface area contributed by atoms with Gasteiger partial charge in [-0.3, -0.25) is 4.79 Å². The number of amides is 1. The Bertz CT molecular complexity index is 892. The van der Waals surface area contributed by atoms with Crippen molar-refractivity contribution in [3.63, 3.8) is 0 Å². The number of aromatic nitrogens is 2. The van der Waals surface area contributed by atoms with Gasteiger partial charge in [0, 0.05) is 11.7 Å². The lowest BCUT2D eigenvalue weighted by molar-refractivity contribution is -0.115. The molecular formula is C20H25FN6O. The Morgan fingerprint density at radius 2 is 2.00 bits per heavy atom. The maximum Gasteiger partial charge on any atom is 0.265 e. The maximum absolute atomic E-state index is 13.4. The summed E-state index contributed by atoms with van der Waals surface area (Å²) in [5, 5.41) is 9.47. The van der Waals surface area contributed by atoms with Gasteiger partial charge in [0.15, 0.2) is 5.82 Å². The van der Waals surface area contributed by atoms with Crippen molar-refractivity contribution in [1.82, 2.24) is 20.6 Å². The zero-order valence-corrected chi connectivity index (χ0v) is 16.3. The van der Waals surface area contributed by atoms with Gasteiger partial charge in [0.05, 0.1) is 5.69 Å². The summed E-state index contributed by atoms with van der Waals surface area (Å²) in [6.45, 7) is 7.09. The van der Waals surface area contributed by atoms with Crippen LogP contribution < -0.4 is 16.0 Å². The normalized spacial score (nSPS) is 15.4. The van der Waals surface area contributed by atoms with Gasteiger partial charge in [-0.15, -0.1) is 0 Å². The van der Waals surface area contributed by atoms with Crippen LogP contribution in [0.3, 0.4) is 0 Å². The van der Waals surface area contributed by atoms with Crippen LogP contribution >= 0.6 is 0 Å². The first kappa shape index (κ1) is 19.9. The highest BCUT2D eigenvalue weighted by molar-refractivity contribution is 6.38. The average Bonchev–Trinajstić information content (AvgIpc) is 2.67. The quantitative estimate of drug-likeness (QED) is 0.690. The number of aliphatic imine (C=N–C) groups is 1. The molecule has 1 aliphatic heterocycles. The molecule has 1 amide bonds. The Morgan fingerprint density at radius 3 is 2.71 bits per heavy atom. The van der Waals surface area contributed by atoms with Crippen molar-refractivity contribution in [2.75, 3.05) is 18.4 Å². The lowest BCUT2D eigenvalue weighted by Crippen LogP contribution is -2.44. The van der Waals surface area contributed by atoms with Gasteiger partial charge in [0.25, 0.3) is 5.91 Å². The number of piperidine rings is 1. The summed E-state index contributed by atoms with van der Waals surface area (Å²) in [4.78, 5) is 25.5. The van der Waals surface area contributed by atoms with Crippen molar-refractivity contribution in [3.05, 3.63) is 41.6 Å². The molecule has 2 aromatic rings. The molecule has 0 saturated carbocycles. The molecule has 1 aromatic heterocycles. The minimum absolute atomic E-state index is 0.159. The lowest BCUT2D eigenvalue weighted by atomic mass is 10.1. The van der Waals surface area contributed by atoms with E-state index in [1.54, 1.807) is 26.8 Å². The summed E-state index contributed by atoms with van der Waals surface area (Å²) in [7, 11) is 0. The summed E-state index contributed by atoms with van der Waals surface area (Å²) < 4.78 is 13.4. The summed E-state index contributed by atoms with van der Waals surface area (Å²) >= 11 is 0. The van der Waals surface area contributed by atoms with Crippen LogP contribution in [-0.2, 0) is 4.79 Å². The van der Waals surface area contributed by atoms with Crippen LogP contribution in [0.25, 0.3) is 0 Å². The van der Waals surface area contributed by atoms with Crippen molar-refractivity contribution in [2.24, 2.45) is 4.99 Å². The SMILES string of the molecule is CC(=Nc1c(C)ncnc1Nc1ccc(F)cc1C)C(=O)NC1CCNCC1. The van der Waals surface area contributed by atoms with Crippen LogP contribution in [0.15, 0.2) is 29.5 Å². The second kappa shape index (κ2) is 8.88. The third kappa shape index (κ3) is 4.89. The number of hydrogen-bond donors (Lipinski definition) is 3. The van der Waals surface area contributed by atoms with E-state index in [-0.39, 0.29) is 17.8 Å². The molecule has 3 rings (SSSR count). The van der Waals surface area contributed by atoms with Gasteiger partial charge in [0.2, 0.25) is 0 Å². The summed E-state index contributed by atoms with van der Waals surface area (Å²) in [6.07, 6.45) is 3.24. The monoisotopic (exact) mass is 384 g/mol. The van der Waals surface area contributed by atoms with Crippen molar-refractivity contribution < 1.29 is 9.18 Å². The topological polar surface area (TPSA) is 91.3 Å². The summed E-state index contributed by atoms with van der Waals surface area (Å²) in [5.41, 5.74) is 2.94. The van der Waals surface area contributed by atoms with Gasteiger partial charge in [0.1, 0.15) is 23.5 Å². The van der Waals surface area contributed by atoms with E-state index in [9.17, 15) is 9.18 Å². The number of benzene rings is 1. The molecule has 28 heavy (non-hydrogen) atoms. The van der Waals surface area contributed by atoms with Crippen LogP contribution in [0.1, 0.15) is 31.0 Å². The van der Waals surface area contributed by atoms with E-state index in [0.717, 1.165) is 31.5 Å². The molecule has 1 fully saturated rings. The molecular weight excluding hydrogens is 359 g/mol. The number of nitrogens with one attached hydrogen (secondary N) is 3. The highest BCUT2D eigenvalue weighted by atomic mass is 19.1. The highest BCUT2D eigenvalue weighted by Crippen LogP contribution is 2.29. The Hall–Kier alpha value is -2.87. The van der Waals surface area contributed by atoms with Crippen molar-refractivity contribution in [2.45, 2.75) is 39.7 Å². The molecule has 0 radical (unpaired) electrons. The number of halogens is 1. The Labute approximate surface area is 163 Å². The fourth-order valence-electron chi connectivity index (χ4n) is 3.06. The summed E-state index contributed by atoms with van der Waals surface area (Å²) in [6, 6.07) is 4.62. The van der Waals surface area contributed by atoms with Gasteiger partial charge >= 0.3 is 0 Å². The third-order valence-corrected chi connectivity index (χ3v) is 4.73. The van der Waals surface area contributed by atoms with Gasteiger partial charge in [-0.2, -0.15) is 0 Å². The van der Waals surface area contributed by atoms with E-state index in [1.807, 2.05) is 0 Å². The Morgan fingerprint density at radius 1 is 1.25 bits per heavy atom. The van der Waals surface area contributed by atoms with Gasteiger partial charge < -0.3 is 16.0 Å². The van der Waals surface area contributed by atoms with E-state index < -0.39 is 0 Å². The van der Waals surface area contributed by atoms with Gasteiger partial charge in [-0.25, -0.2) is 19.4 Å². The number of rotatable bonds is 5. The molecule has 1 saturated heterocycles. The maximum atomic E-state index is 13.4. The number of carbonyl (C=O) groups is 1. The lowest BCUT2D eigenvalue weighted by Gasteiger charge is -2.23. The number of carbonyl (C=O) groups excluding carboxylic acids is 1. The average molecular weight is 384 g/mol. The molecule has 8 heteroatoms. The molecule has 148 valence electrons. The van der Waals surface area contributed by atoms with Crippen molar-refractivity contribution >= 4 is 28.8 Å². The zero-order chi connectivity index (χ0) is 20.1. The Kier molecular flexibility index (Phi) is 6.30. The van der Waals surface area contributed by atoms with Crippen molar-refractivity contribution in [3.8, 4) is 0 Å². The molecule has 1 aliphatic rings. The standard InChI is InChI=1S/C20H25FN6O/c1-12-10-15(21)4-5-17(12)27-19-18(13(2)23-11-24-19)25-14(3)20(28)26-16-6-8-22-9-7-16/h4-5,10-11,16,22H,6-9H2,1-3H3,(H,26,28)(H,23,24,27). The molecule has 0 aliphatic carbocycles. The number of hydrogen-bond acceptors (Lipinski definition) is 6. The van der Waals surface area contributed by atoms with E-state index in [1.165, 1.54) is 18.5 Å². The fourth-order valence-corrected chi connectivity index (χ4v) is 3.06. The van der Waals surface area contributed by atoms with Crippen LogP contribution in [0.2, 0.25) is 0 Å². The predicted octanol–water partition coefficient (Wildman–Crippen LogP) is 2.94. The first-order valence-corrected chi connectivity index (χ1v) is 9.35.